The van der Waals surface area contributed by atoms with E-state index in [1.807, 2.05) is 31.2 Å². The maximum atomic E-state index is 6.70. The van der Waals surface area contributed by atoms with E-state index >= 15 is 0 Å². The number of hydrogen-bond acceptors (Lipinski definition) is 2. The van der Waals surface area contributed by atoms with Gasteiger partial charge in [0.1, 0.15) is 5.15 Å². The third kappa shape index (κ3) is 4.07. The normalized spacial score (nSPS) is 12.4. The minimum Gasteiger partial charge on any atom is -0.309 e. The molecule has 4 nitrogen and oxygen atoms in total. The number of allylic oxidation sites excluding steroid dienone is 5. The lowest BCUT2D eigenvalue weighted by Gasteiger charge is -2.09. The van der Waals surface area contributed by atoms with E-state index in [1.165, 1.54) is 16.3 Å². The van der Waals surface area contributed by atoms with Crippen LogP contribution in [0.3, 0.4) is 0 Å². The van der Waals surface area contributed by atoms with E-state index in [0.29, 0.717) is 10.8 Å². The van der Waals surface area contributed by atoms with Gasteiger partial charge in [0.05, 0.1) is 21.9 Å². The van der Waals surface area contributed by atoms with Gasteiger partial charge in [-0.2, -0.15) is 4.98 Å². The molecule has 198 valence electrons. The third-order valence-electron chi connectivity index (χ3n) is 7.51. The first-order chi connectivity index (χ1) is 20.1. The van der Waals surface area contributed by atoms with Crippen molar-refractivity contribution < 1.29 is 0 Å². The molecule has 0 fully saturated rings. The molecule has 0 saturated heterocycles. The van der Waals surface area contributed by atoms with Crippen molar-refractivity contribution in [3.8, 4) is 16.8 Å². The number of aromatic nitrogens is 4. The van der Waals surface area contributed by atoms with Gasteiger partial charge in [-0.25, -0.2) is 4.98 Å². The highest BCUT2D eigenvalue weighted by Gasteiger charge is 2.19. The van der Waals surface area contributed by atoms with Crippen LogP contribution in [0.15, 0.2) is 122 Å². The summed E-state index contributed by atoms with van der Waals surface area (Å²) in [6.45, 7) is 5.80. The lowest BCUT2D eigenvalue weighted by Crippen LogP contribution is -1.97. The number of hydrogen-bond donors (Lipinski definition) is 0. The molecule has 3 heterocycles. The summed E-state index contributed by atoms with van der Waals surface area (Å²) in [5.74, 6) is 0. The Morgan fingerprint density at radius 2 is 1.44 bits per heavy atom. The zero-order valence-electron chi connectivity index (χ0n) is 22.2. The van der Waals surface area contributed by atoms with Crippen LogP contribution in [0, 0.1) is 0 Å². The molecular formula is C35H24Cl2N4. The fourth-order valence-electron chi connectivity index (χ4n) is 5.75. The summed E-state index contributed by atoms with van der Waals surface area (Å²) in [7, 11) is 0. The quantitative estimate of drug-likeness (QED) is 0.117. The molecular weight excluding hydrogens is 547 g/mol. The van der Waals surface area contributed by atoms with Crippen molar-refractivity contribution in [3.63, 3.8) is 0 Å². The van der Waals surface area contributed by atoms with Gasteiger partial charge in [0.2, 0.25) is 5.28 Å². The van der Waals surface area contributed by atoms with Crippen molar-refractivity contribution in [2.24, 2.45) is 0 Å². The highest BCUT2D eigenvalue weighted by Crippen LogP contribution is 2.39. The zero-order chi connectivity index (χ0) is 28.1. The fraction of sp³-hybridized carbons (Fsp3) is 0.0286. The Morgan fingerprint density at radius 1 is 0.756 bits per heavy atom. The van der Waals surface area contributed by atoms with Crippen LogP contribution in [0.1, 0.15) is 6.92 Å². The van der Waals surface area contributed by atoms with E-state index in [1.54, 1.807) is 6.08 Å². The van der Waals surface area contributed by atoms with E-state index in [2.05, 4.69) is 111 Å². The number of fused-ring (bicyclic) bond motifs is 6. The number of rotatable bonds is 5. The average Bonchev–Trinajstić information content (AvgIpc) is 3.50. The molecule has 41 heavy (non-hydrogen) atoms. The van der Waals surface area contributed by atoms with Crippen LogP contribution in [0.4, 0.5) is 0 Å². The molecule has 0 radical (unpaired) electrons. The molecule has 7 rings (SSSR count). The molecule has 0 aliphatic rings. The largest absolute Gasteiger partial charge is 0.309 e. The molecule has 0 atom stereocenters. The molecule has 0 amide bonds. The SMILES string of the molecule is C=C/C=C\C(=C/C)n1c2ccc(-c3ccc4c(c3)c3ccccc3n4-c3ccccc3)cc2c2c(Cl)nc(Cl)nc21. The fourth-order valence-corrected chi connectivity index (χ4v) is 6.23. The summed E-state index contributed by atoms with van der Waals surface area (Å²) in [4.78, 5) is 8.86. The summed E-state index contributed by atoms with van der Waals surface area (Å²) in [5.41, 5.74) is 8.21. The van der Waals surface area contributed by atoms with Crippen LogP contribution in [-0.4, -0.2) is 19.1 Å². The van der Waals surface area contributed by atoms with Crippen molar-refractivity contribution >= 4 is 72.6 Å². The topological polar surface area (TPSA) is 35.6 Å². The van der Waals surface area contributed by atoms with E-state index in [4.69, 9.17) is 23.2 Å². The predicted molar refractivity (Wildman–Crippen MR) is 174 cm³/mol. The second kappa shape index (κ2) is 10.1. The van der Waals surface area contributed by atoms with Gasteiger partial charge in [-0.1, -0.05) is 84.9 Å². The van der Waals surface area contributed by atoms with Crippen LogP contribution in [0.2, 0.25) is 10.4 Å². The average molecular weight is 572 g/mol. The lowest BCUT2D eigenvalue weighted by molar-refractivity contribution is 1.13. The molecule has 0 aliphatic carbocycles. The third-order valence-corrected chi connectivity index (χ3v) is 7.96. The molecule has 0 unspecified atom stereocenters. The van der Waals surface area contributed by atoms with E-state index < -0.39 is 0 Å². The number of nitrogens with zero attached hydrogens (tertiary/aromatic N) is 4. The molecule has 0 aliphatic heterocycles. The van der Waals surface area contributed by atoms with Gasteiger partial charge in [-0.05, 0) is 78.2 Å². The predicted octanol–water partition coefficient (Wildman–Crippen LogP) is 10.3. The van der Waals surface area contributed by atoms with Crippen molar-refractivity contribution in [2.75, 3.05) is 0 Å². The van der Waals surface area contributed by atoms with Gasteiger partial charge < -0.3 is 4.57 Å². The molecule has 0 N–H and O–H groups in total. The molecule has 4 aromatic carbocycles. The minimum absolute atomic E-state index is 0.107. The summed E-state index contributed by atoms with van der Waals surface area (Å²) in [6.07, 6.45) is 7.65. The number of para-hydroxylation sites is 2. The van der Waals surface area contributed by atoms with E-state index in [0.717, 1.165) is 44.3 Å². The van der Waals surface area contributed by atoms with Crippen molar-refractivity contribution in [2.45, 2.75) is 6.92 Å². The van der Waals surface area contributed by atoms with Gasteiger partial charge in [-0.15, -0.1) is 0 Å². The summed E-state index contributed by atoms with van der Waals surface area (Å²) < 4.78 is 4.38. The second-order valence-corrected chi connectivity index (χ2v) is 10.5. The van der Waals surface area contributed by atoms with Crippen LogP contribution in [-0.2, 0) is 0 Å². The zero-order valence-corrected chi connectivity index (χ0v) is 23.7. The van der Waals surface area contributed by atoms with Crippen LogP contribution in [0.25, 0.3) is 66.3 Å². The van der Waals surface area contributed by atoms with Crippen molar-refractivity contribution in [1.82, 2.24) is 19.1 Å². The first-order valence-electron chi connectivity index (χ1n) is 13.3. The van der Waals surface area contributed by atoms with E-state index in [-0.39, 0.29) is 5.28 Å². The Hall–Kier alpha value is -4.64. The Bertz CT molecular complexity index is 2200. The van der Waals surface area contributed by atoms with Gasteiger partial charge >= 0.3 is 0 Å². The number of halogens is 2. The molecule has 0 spiro atoms. The van der Waals surface area contributed by atoms with Crippen molar-refractivity contribution in [1.29, 1.82) is 0 Å². The summed E-state index contributed by atoms with van der Waals surface area (Å²) in [6, 6.07) is 32.1. The van der Waals surface area contributed by atoms with Gasteiger partial charge in [0.25, 0.3) is 0 Å². The molecule has 0 bridgehead atoms. The van der Waals surface area contributed by atoms with Gasteiger partial charge in [-0.3, -0.25) is 4.57 Å². The Kier molecular flexibility index (Phi) is 6.23. The maximum Gasteiger partial charge on any atom is 0.225 e. The summed E-state index contributed by atoms with van der Waals surface area (Å²) >= 11 is 13.0. The highest BCUT2D eigenvalue weighted by molar-refractivity contribution is 6.38. The lowest BCUT2D eigenvalue weighted by atomic mass is 10.0. The monoisotopic (exact) mass is 570 g/mol. The standard InChI is InChI=1S/C35H24Cl2N4/c1-3-5-11-24(4-2)41-31-19-17-23(21-28(31)32-33(36)38-35(37)39-34(32)41)22-16-18-30-27(20-22)26-14-9-10-15-29(26)40(30)25-12-7-6-8-13-25/h3-21H,1H2,2H3/b11-5-,24-4+. The molecule has 0 saturated carbocycles. The van der Waals surface area contributed by atoms with E-state index in [9.17, 15) is 0 Å². The summed E-state index contributed by atoms with van der Waals surface area (Å²) in [5, 5.41) is 4.56. The number of benzene rings is 4. The Labute approximate surface area is 247 Å². The molecule has 6 heteroatoms. The van der Waals surface area contributed by atoms with Gasteiger partial charge in [0.15, 0.2) is 5.65 Å². The smallest absolute Gasteiger partial charge is 0.225 e. The first-order valence-corrected chi connectivity index (χ1v) is 14.1. The first kappa shape index (κ1) is 25.3. The Morgan fingerprint density at radius 3 is 2.20 bits per heavy atom. The van der Waals surface area contributed by atoms with Crippen molar-refractivity contribution in [3.05, 3.63) is 132 Å². The maximum absolute atomic E-state index is 6.70. The van der Waals surface area contributed by atoms with Crippen LogP contribution < -0.4 is 0 Å². The molecule has 7 aromatic rings. The van der Waals surface area contributed by atoms with Gasteiger partial charge in [0, 0.05) is 27.5 Å². The highest BCUT2D eigenvalue weighted by atomic mass is 35.5. The van der Waals surface area contributed by atoms with Crippen LogP contribution >= 0.6 is 23.2 Å². The van der Waals surface area contributed by atoms with Crippen LogP contribution in [0.5, 0.6) is 0 Å². The minimum atomic E-state index is 0.107. The Balaban J connectivity index is 1.48. The molecule has 3 aromatic heterocycles. The second-order valence-electron chi connectivity index (χ2n) is 9.78.